The number of benzene rings is 1. The summed E-state index contributed by atoms with van der Waals surface area (Å²) in [7, 11) is 0. The average molecular weight is 434 g/mol. The minimum absolute atomic E-state index is 0.141. The third-order valence-electron chi connectivity index (χ3n) is 5.60. The van der Waals surface area contributed by atoms with Gasteiger partial charge in [-0.15, -0.1) is 11.3 Å². The molecule has 3 aromatic heterocycles. The largest absolute Gasteiger partial charge is 0.340 e. The molecule has 1 amide bonds. The molecule has 0 saturated carbocycles. The topological polar surface area (TPSA) is 75.4 Å². The number of nitrogens with zero attached hydrogens (tertiary/aromatic N) is 5. The third-order valence-corrected chi connectivity index (χ3v) is 6.46. The predicted octanol–water partition coefficient (Wildman–Crippen LogP) is 3.62. The van der Waals surface area contributed by atoms with Crippen molar-refractivity contribution in [1.82, 2.24) is 24.9 Å². The van der Waals surface area contributed by atoms with E-state index in [1.807, 2.05) is 34.7 Å². The van der Waals surface area contributed by atoms with Crippen molar-refractivity contribution >= 4 is 28.1 Å². The first-order valence-corrected chi connectivity index (χ1v) is 11.3. The number of fused-ring (bicyclic) bond motifs is 1. The van der Waals surface area contributed by atoms with Crippen molar-refractivity contribution in [3.63, 3.8) is 0 Å². The number of hydrogen-bond donors (Lipinski definition) is 0. The SMILES string of the molecule is O=C(CCc1nc(-c2cccs2)no1)N1CCN(Cc2cccc3cccnc23)CC1. The molecule has 1 aliphatic heterocycles. The summed E-state index contributed by atoms with van der Waals surface area (Å²) in [5.74, 6) is 1.25. The highest BCUT2D eigenvalue weighted by molar-refractivity contribution is 7.13. The van der Waals surface area contributed by atoms with Crippen LogP contribution in [0.2, 0.25) is 0 Å². The highest BCUT2D eigenvalue weighted by atomic mass is 32.1. The number of pyridine rings is 1. The molecule has 5 rings (SSSR count). The van der Waals surface area contributed by atoms with E-state index >= 15 is 0 Å². The second kappa shape index (κ2) is 8.95. The second-order valence-corrected chi connectivity index (χ2v) is 8.59. The lowest BCUT2D eigenvalue weighted by Gasteiger charge is -2.34. The highest BCUT2D eigenvalue weighted by Gasteiger charge is 2.22. The number of rotatable bonds is 6. The Labute approximate surface area is 184 Å². The maximum absolute atomic E-state index is 12.7. The van der Waals surface area contributed by atoms with Gasteiger partial charge in [-0.25, -0.2) is 0 Å². The van der Waals surface area contributed by atoms with Gasteiger partial charge in [-0.3, -0.25) is 14.7 Å². The van der Waals surface area contributed by atoms with Crippen LogP contribution in [0.5, 0.6) is 0 Å². The van der Waals surface area contributed by atoms with Crippen LogP contribution in [-0.2, 0) is 17.8 Å². The molecular weight excluding hydrogens is 410 g/mol. The molecule has 8 heteroatoms. The Kier molecular flexibility index (Phi) is 5.73. The summed E-state index contributed by atoms with van der Waals surface area (Å²) in [6.45, 7) is 4.04. The van der Waals surface area contributed by atoms with E-state index in [1.54, 1.807) is 11.3 Å². The lowest BCUT2D eigenvalue weighted by atomic mass is 10.1. The zero-order valence-corrected chi connectivity index (χ0v) is 17.9. The Balaban J connectivity index is 1.12. The van der Waals surface area contributed by atoms with Crippen LogP contribution < -0.4 is 0 Å². The summed E-state index contributed by atoms with van der Waals surface area (Å²) >= 11 is 1.57. The first-order chi connectivity index (χ1) is 15.3. The van der Waals surface area contributed by atoms with Crippen molar-refractivity contribution < 1.29 is 9.32 Å². The minimum atomic E-state index is 0.141. The summed E-state index contributed by atoms with van der Waals surface area (Å²) in [6, 6.07) is 14.3. The monoisotopic (exact) mass is 433 g/mol. The molecule has 0 unspecified atom stereocenters. The van der Waals surface area contributed by atoms with Crippen LogP contribution in [0.25, 0.3) is 21.6 Å². The van der Waals surface area contributed by atoms with Gasteiger partial charge in [0.2, 0.25) is 17.6 Å². The summed E-state index contributed by atoms with van der Waals surface area (Å²) in [5, 5.41) is 7.15. The van der Waals surface area contributed by atoms with Crippen LogP contribution in [0.1, 0.15) is 17.9 Å². The molecule has 4 aromatic rings. The fourth-order valence-electron chi connectivity index (χ4n) is 3.93. The molecule has 1 saturated heterocycles. The van der Waals surface area contributed by atoms with Crippen LogP contribution in [0.15, 0.2) is 58.6 Å². The van der Waals surface area contributed by atoms with Gasteiger partial charge in [-0.1, -0.05) is 35.5 Å². The number of aromatic nitrogens is 3. The van der Waals surface area contributed by atoms with Gasteiger partial charge < -0.3 is 9.42 Å². The lowest BCUT2D eigenvalue weighted by molar-refractivity contribution is -0.133. The Morgan fingerprint density at radius 1 is 1.06 bits per heavy atom. The van der Waals surface area contributed by atoms with Gasteiger partial charge in [-0.2, -0.15) is 4.98 Å². The molecule has 7 nitrogen and oxygen atoms in total. The first-order valence-electron chi connectivity index (χ1n) is 10.5. The van der Waals surface area contributed by atoms with E-state index in [9.17, 15) is 4.79 Å². The molecule has 1 aliphatic rings. The van der Waals surface area contributed by atoms with Crippen LogP contribution in [0.3, 0.4) is 0 Å². The van der Waals surface area contributed by atoms with Gasteiger partial charge >= 0.3 is 0 Å². The van der Waals surface area contributed by atoms with Crippen molar-refractivity contribution in [3.05, 3.63) is 65.5 Å². The van der Waals surface area contributed by atoms with Gasteiger partial charge in [0.15, 0.2) is 0 Å². The fraction of sp³-hybridized carbons (Fsp3) is 0.304. The molecule has 0 atom stereocenters. The van der Waals surface area contributed by atoms with Crippen LogP contribution in [0, 0.1) is 0 Å². The molecule has 0 spiro atoms. The van der Waals surface area contributed by atoms with Gasteiger partial charge in [0.05, 0.1) is 10.4 Å². The van der Waals surface area contributed by atoms with Gasteiger partial charge in [0.25, 0.3) is 0 Å². The summed E-state index contributed by atoms with van der Waals surface area (Å²) in [4.78, 5) is 26.9. The standard InChI is InChI=1S/C23H23N5O2S/c29-21(9-8-20-25-23(26-30-20)19-7-3-15-31-19)28-13-11-27(12-14-28)16-18-5-1-4-17-6-2-10-24-22(17)18/h1-7,10,15H,8-9,11-14,16H2. The van der Waals surface area contributed by atoms with Crippen LogP contribution in [0.4, 0.5) is 0 Å². The van der Waals surface area contributed by atoms with Crippen LogP contribution in [-0.4, -0.2) is 57.0 Å². The third kappa shape index (κ3) is 4.50. The maximum Gasteiger partial charge on any atom is 0.227 e. The van der Waals surface area contributed by atoms with Gasteiger partial charge in [-0.05, 0) is 23.1 Å². The molecule has 1 aromatic carbocycles. The number of carbonyl (C=O) groups is 1. The number of para-hydroxylation sites is 1. The molecule has 4 heterocycles. The first kappa shape index (κ1) is 19.8. The summed E-state index contributed by atoms with van der Waals surface area (Å²) in [6.07, 6.45) is 2.70. The minimum Gasteiger partial charge on any atom is -0.340 e. The van der Waals surface area contributed by atoms with E-state index in [2.05, 4.69) is 44.3 Å². The zero-order chi connectivity index (χ0) is 21.0. The molecule has 31 heavy (non-hydrogen) atoms. The number of aryl methyl sites for hydroxylation is 1. The smallest absolute Gasteiger partial charge is 0.227 e. The van der Waals surface area contributed by atoms with Crippen molar-refractivity contribution in [3.8, 4) is 10.7 Å². The molecule has 1 fully saturated rings. The molecule has 158 valence electrons. The van der Waals surface area contributed by atoms with Crippen molar-refractivity contribution in [2.45, 2.75) is 19.4 Å². The van der Waals surface area contributed by atoms with E-state index in [0.717, 1.165) is 48.5 Å². The Morgan fingerprint density at radius 3 is 2.77 bits per heavy atom. The predicted molar refractivity (Wildman–Crippen MR) is 120 cm³/mol. The van der Waals surface area contributed by atoms with Crippen molar-refractivity contribution in [1.29, 1.82) is 0 Å². The normalized spacial score (nSPS) is 14.9. The molecular formula is C23H23N5O2S. The molecule has 0 bridgehead atoms. The molecule has 0 radical (unpaired) electrons. The lowest BCUT2D eigenvalue weighted by Crippen LogP contribution is -2.48. The van der Waals surface area contributed by atoms with E-state index in [-0.39, 0.29) is 5.91 Å². The summed E-state index contributed by atoms with van der Waals surface area (Å²) < 4.78 is 5.31. The quantitative estimate of drug-likeness (QED) is 0.462. The Bertz CT molecular complexity index is 1160. The van der Waals surface area contributed by atoms with E-state index < -0.39 is 0 Å². The zero-order valence-electron chi connectivity index (χ0n) is 17.1. The van der Waals surface area contributed by atoms with E-state index in [4.69, 9.17) is 4.52 Å². The second-order valence-electron chi connectivity index (χ2n) is 7.64. The maximum atomic E-state index is 12.7. The fourth-order valence-corrected chi connectivity index (χ4v) is 4.57. The molecule has 0 N–H and O–H groups in total. The Hall–Kier alpha value is -3.10. The Morgan fingerprint density at radius 2 is 1.94 bits per heavy atom. The number of amides is 1. The number of hydrogen-bond acceptors (Lipinski definition) is 7. The average Bonchev–Trinajstić information content (AvgIpc) is 3.50. The van der Waals surface area contributed by atoms with Gasteiger partial charge in [0, 0.05) is 57.1 Å². The van der Waals surface area contributed by atoms with Gasteiger partial charge in [0.1, 0.15) is 0 Å². The highest BCUT2D eigenvalue weighted by Crippen LogP contribution is 2.22. The van der Waals surface area contributed by atoms with Crippen LogP contribution >= 0.6 is 11.3 Å². The van der Waals surface area contributed by atoms with E-state index in [1.165, 1.54) is 5.56 Å². The van der Waals surface area contributed by atoms with Crippen molar-refractivity contribution in [2.75, 3.05) is 26.2 Å². The van der Waals surface area contributed by atoms with Crippen molar-refractivity contribution in [2.24, 2.45) is 0 Å². The van der Waals surface area contributed by atoms with E-state index in [0.29, 0.717) is 24.6 Å². The number of carbonyl (C=O) groups excluding carboxylic acids is 1. The summed E-state index contributed by atoms with van der Waals surface area (Å²) in [5.41, 5.74) is 2.29. The number of piperazine rings is 1. The molecule has 0 aliphatic carbocycles. The number of thiophene rings is 1.